The van der Waals surface area contributed by atoms with Gasteiger partial charge in [0.25, 0.3) is 5.91 Å². The Hall–Kier alpha value is -2.44. The highest BCUT2D eigenvalue weighted by Crippen LogP contribution is 2.19. The lowest BCUT2D eigenvalue weighted by Crippen LogP contribution is -2.60. The first kappa shape index (κ1) is 23.8. The monoisotopic (exact) mass is 417 g/mol. The van der Waals surface area contributed by atoms with Gasteiger partial charge in [-0.05, 0) is 36.6 Å². The minimum atomic E-state index is -1.33. The van der Waals surface area contributed by atoms with Gasteiger partial charge in [0.15, 0.2) is 0 Å². The molecule has 30 heavy (non-hydrogen) atoms. The average molecular weight is 418 g/mol. The molecule has 4 N–H and O–H groups in total. The molecule has 4 atom stereocenters. The highest BCUT2D eigenvalue weighted by molar-refractivity contribution is 6.01. The molecule has 0 saturated carbocycles. The molecular weight excluding hydrogens is 386 g/mol. The fourth-order valence-electron chi connectivity index (χ4n) is 3.42. The smallest absolute Gasteiger partial charge is 0.262 e. The van der Waals surface area contributed by atoms with E-state index >= 15 is 0 Å². The molecule has 2 rings (SSSR count). The third kappa shape index (κ3) is 6.03. The molecule has 1 fully saturated rings. The lowest BCUT2D eigenvalue weighted by atomic mass is 9.98. The molecule has 8 nitrogen and oxygen atoms in total. The summed E-state index contributed by atoms with van der Waals surface area (Å²) in [6, 6.07) is 8.63. The highest BCUT2D eigenvalue weighted by atomic mass is 16.5. The summed E-state index contributed by atoms with van der Waals surface area (Å²) >= 11 is 0. The van der Waals surface area contributed by atoms with Gasteiger partial charge in [-0.25, -0.2) is 0 Å². The Morgan fingerprint density at radius 3 is 2.40 bits per heavy atom. The van der Waals surface area contributed by atoms with Crippen molar-refractivity contribution in [1.82, 2.24) is 5.32 Å². The molecule has 164 valence electrons. The summed E-state index contributed by atoms with van der Waals surface area (Å²) in [6.07, 6.45) is 0.0344. The number of aliphatic hydroxyl groups excluding tert-OH is 3. The van der Waals surface area contributed by atoms with Gasteiger partial charge in [0.2, 0.25) is 0 Å². The van der Waals surface area contributed by atoms with Gasteiger partial charge >= 0.3 is 0 Å². The Bertz CT molecular complexity index is 753. The van der Waals surface area contributed by atoms with E-state index in [0.717, 1.165) is 31.6 Å². The number of hydrogen-bond donors (Lipinski definition) is 4. The molecule has 1 amide bonds. The van der Waals surface area contributed by atoms with Crippen LogP contribution in [0.3, 0.4) is 0 Å². The lowest BCUT2D eigenvalue weighted by Gasteiger charge is -2.37. The standard InChI is InChI=1S/C22H31N3O5/c1-3-9-25(10-4-2)17-7-5-15(6-8-17)11-16(12-23)22(29)24-18-14-30-19(13-26)21(28)20(18)27/h5-8,11,18-21,26-28H,3-4,9-10,13-14H2,1-2H3,(H,24,29)/b16-11+/t18-,19+,20+,21+/m0/s1. The summed E-state index contributed by atoms with van der Waals surface area (Å²) < 4.78 is 5.25. The number of aliphatic hydroxyl groups is 3. The first-order chi connectivity index (χ1) is 14.4. The Morgan fingerprint density at radius 1 is 1.23 bits per heavy atom. The molecule has 1 heterocycles. The average Bonchev–Trinajstić information content (AvgIpc) is 2.75. The van der Waals surface area contributed by atoms with E-state index in [-0.39, 0.29) is 12.2 Å². The molecule has 1 saturated heterocycles. The van der Waals surface area contributed by atoms with Crippen LogP contribution in [0.5, 0.6) is 0 Å². The molecule has 8 heteroatoms. The van der Waals surface area contributed by atoms with Crippen LogP contribution in [-0.2, 0) is 9.53 Å². The number of carbonyl (C=O) groups is 1. The van der Waals surface area contributed by atoms with E-state index in [1.807, 2.05) is 30.3 Å². The van der Waals surface area contributed by atoms with Gasteiger partial charge in [-0.15, -0.1) is 0 Å². The molecular formula is C22H31N3O5. The maximum Gasteiger partial charge on any atom is 0.262 e. The zero-order valence-corrected chi connectivity index (χ0v) is 17.5. The van der Waals surface area contributed by atoms with Crippen LogP contribution in [-0.4, -0.2) is 71.9 Å². The fraction of sp³-hybridized carbons (Fsp3) is 0.545. The van der Waals surface area contributed by atoms with Crippen LogP contribution < -0.4 is 10.2 Å². The van der Waals surface area contributed by atoms with Gasteiger partial charge in [-0.2, -0.15) is 5.26 Å². The maximum atomic E-state index is 12.5. The Labute approximate surface area is 177 Å². The number of nitriles is 1. The van der Waals surface area contributed by atoms with E-state index in [9.17, 15) is 20.3 Å². The predicted molar refractivity (Wildman–Crippen MR) is 114 cm³/mol. The summed E-state index contributed by atoms with van der Waals surface area (Å²) in [5, 5.41) is 41.1. The number of nitrogens with zero attached hydrogens (tertiary/aromatic N) is 2. The fourth-order valence-corrected chi connectivity index (χ4v) is 3.42. The van der Waals surface area contributed by atoms with Gasteiger partial charge in [-0.3, -0.25) is 4.79 Å². The molecule has 0 unspecified atom stereocenters. The minimum Gasteiger partial charge on any atom is -0.394 e. The van der Waals surface area contributed by atoms with Crippen molar-refractivity contribution < 1.29 is 24.9 Å². The maximum absolute atomic E-state index is 12.5. The van der Waals surface area contributed by atoms with Gasteiger partial charge in [0, 0.05) is 18.8 Å². The molecule has 1 aliphatic rings. The second kappa shape index (κ2) is 11.7. The van der Waals surface area contributed by atoms with E-state index in [2.05, 4.69) is 24.1 Å². The van der Waals surface area contributed by atoms with Gasteiger partial charge in [0.1, 0.15) is 30.0 Å². The van der Waals surface area contributed by atoms with Crippen LogP contribution in [0, 0.1) is 11.3 Å². The molecule has 0 bridgehead atoms. The van der Waals surface area contributed by atoms with Gasteiger partial charge < -0.3 is 30.3 Å². The van der Waals surface area contributed by atoms with Crippen LogP contribution in [0.2, 0.25) is 0 Å². The molecule has 1 aromatic rings. The van der Waals surface area contributed by atoms with Crippen molar-refractivity contribution in [3.8, 4) is 6.07 Å². The van der Waals surface area contributed by atoms with Crippen molar-refractivity contribution in [1.29, 1.82) is 5.26 Å². The van der Waals surface area contributed by atoms with Crippen LogP contribution in [0.4, 0.5) is 5.69 Å². The number of carbonyl (C=O) groups excluding carboxylic acids is 1. The number of nitrogens with one attached hydrogen (secondary N) is 1. The predicted octanol–water partition coefficient (Wildman–Crippen LogP) is 0.818. The SMILES string of the molecule is CCCN(CCC)c1ccc(/C=C(\C#N)C(=O)N[C@H]2CO[C@H](CO)[C@@H](O)[C@@H]2O)cc1. The van der Waals surface area contributed by atoms with E-state index < -0.39 is 36.9 Å². The third-order valence-electron chi connectivity index (χ3n) is 5.05. The van der Waals surface area contributed by atoms with Crippen LogP contribution in [0.15, 0.2) is 29.8 Å². The first-order valence-electron chi connectivity index (χ1n) is 10.3. The van der Waals surface area contributed by atoms with Crippen LogP contribution in [0.25, 0.3) is 6.08 Å². The van der Waals surface area contributed by atoms with Gasteiger partial charge in [0.05, 0.1) is 19.3 Å². The second-order valence-electron chi connectivity index (χ2n) is 7.36. The van der Waals surface area contributed by atoms with Crippen molar-refractivity contribution in [3.05, 3.63) is 35.4 Å². The van der Waals surface area contributed by atoms with Crippen molar-refractivity contribution in [2.45, 2.75) is 51.0 Å². The summed E-state index contributed by atoms with van der Waals surface area (Å²) in [4.78, 5) is 14.8. The summed E-state index contributed by atoms with van der Waals surface area (Å²) in [7, 11) is 0. The molecule has 0 radical (unpaired) electrons. The minimum absolute atomic E-state index is 0.0761. The third-order valence-corrected chi connectivity index (χ3v) is 5.05. The van der Waals surface area contributed by atoms with Crippen LogP contribution >= 0.6 is 0 Å². The van der Waals surface area contributed by atoms with Crippen molar-refractivity contribution in [3.63, 3.8) is 0 Å². The van der Waals surface area contributed by atoms with Crippen molar-refractivity contribution in [2.24, 2.45) is 0 Å². The largest absolute Gasteiger partial charge is 0.394 e. The molecule has 1 aliphatic heterocycles. The van der Waals surface area contributed by atoms with E-state index in [4.69, 9.17) is 9.84 Å². The number of ether oxygens (including phenoxy) is 1. The first-order valence-corrected chi connectivity index (χ1v) is 10.3. The van der Waals surface area contributed by atoms with Gasteiger partial charge in [-0.1, -0.05) is 26.0 Å². The normalized spacial score (nSPS) is 24.2. The summed E-state index contributed by atoms with van der Waals surface area (Å²) in [6.45, 7) is 5.68. The van der Waals surface area contributed by atoms with Crippen molar-refractivity contribution >= 4 is 17.7 Å². The topological polar surface area (TPSA) is 126 Å². The number of rotatable bonds is 9. The van der Waals surface area contributed by atoms with Crippen LogP contribution in [0.1, 0.15) is 32.3 Å². The lowest BCUT2D eigenvalue weighted by molar-refractivity contribution is -0.163. The molecule has 0 aliphatic carbocycles. The number of benzene rings is 1. The Morgan fingerprint density at radius 2 is 1.87 bits per heavy atom. The Balaban J connectivity index is 2.08. The number of amides is 1. The highest BCUT2D eigenvalue weighted by Gasteiger charge is 2.39. The van der Waals surface area contributed by atoms with Crippen molar-refractivity contribution in [2.75, 3.05) is 31.2 Å². The quantitative estimate of drug-likeness (QED) is 0.346. The zero-order chi connectivity index (χ0) is 22.1. The van der Waals surface area contributed by atoms with E-state index in [1.54, 1.807) is 0 Å². The van der Waals surface area contributed by atoms with E-state index in [1.165, 1.54) is 6.08 Å². The zero-order valence-electron chi connectivity index (χ0n) is 17.5. The number of hydrogen-bond acceptors (Lipinski definition) is 7. The number of anilines is 1. The molecule has 0 aromatic heterocycles. The Kier molecular flexibility index (Phi) is 9.27. The summed E-state index contributed by atoms with van der Waals surface area (Å²) in [5.74, 6) is -0.664. The van der Waals surface area contributed by atoms with E-state index in [0.29, 0.717) is 5.56 Å². The molecule has 0 spiro atoms. The molecule has 1 aromatic carbocycles. The summed E-state index contributed by atoms with van der Waals surface area (Å²) in [5.41, 5.74) is 1.68. The second-order valence-corrected chi connectivity index (χ2v) is 7.36.